The van der Waals surface area contributed by atoms with Crippen molar-refractivity contribution in [2.24, 2.45) is 4.99 Å². The summed E-state index contributed by atoms with van der Waals surface area (Å²) < 4.78 is 12.1. The maximum Gasteiger partial charge on any atom is 0.191 e. The molecule has 0 radical (unpaired) electrons. The lowest BCUT2D eigenvalue weighted by molar-refractivity contribution is 0.115. The van der Waals surface area contributed by atoms with Crippen molar-refractivity contribution >= 4 is 16.8 Å². The fraction of sp³-hybridized carbons (Fsp3) is 0.947. The standard InChI is InChI=1S/C19H38N4OS/c1-5-25(24)18-11-8-10-17(13-18)22-19(20-4)21-14-16(3)23-12-7-6-9-15(23)2/h15-18H,5-14H2,1-4H3,(H2,20,21,22). The van der Waals surface area contributed by atoms with Crippen LogP contribution in [-0.2, 0) is 10.8 Å². The van der Waals surface area contributed by atoms with Crippen LogP contribution in [0, 0.1) is 0 Å². The van der Waals surface area contributed by atoms with E-state index < -0.39 is 10.8 Å². The van der Waals surface area contributed by atoms with E-state index in [-0.39, 0.29) is 0 Å². The topological polar surface area (TPSA) is 56.7 Å². The first-order valence-electron chi connectivity index (χ1n) is 10.1. The number of nitrogens with one attached hydrogen (secondary N) is 2. The van der Waals surface area contributed by atoms with Crippen LogP contribution in [0.5, 0.6) is 0 Å². The van der Waals surface area contributed by atoms with E-state index in [0.29, 0.717) is 23.4 Å². The molecule has 1 aliphatic heterocycles. The van der Waals surface area contributed by atoms with E-state index in [4.69, 9.17) is 0 Å². The van der Waals surface area contributed by atoms with Gasteiger partial charge in [-0.15, -0.1) is 0 Å². The van der Waals surface area contributed by atoms with Crippen molar-refractivity contribution in [3.63, 3.8) is 0 Å². The van der Waals surface area contributed by atoms with Gasteiger partial charge in [-0.25, -0.2) is 0 Å². The molecular weight excluding hydrogens is 332 g/mol. The maximum atomic E-state index is 12.1. The highest BCUT2D eigenvalue weighted by Gasteiger charge is 2.27. The molecule has 0 aromatic heterocycles. The van der Waals surface area contributed by atoms with Gasteiger partial charge >= 0.3 is 0 Å². The van der Waals surface area contributed by atoms with Crippen LogP contribution in [0.1, 0.15) is 65.7 Å². The molecule has 1 saturated heterocycles. The summed E-state index contributed by atoms with van der Waals surface area (Å²) in [5, 5.41) is 7.43. The van der Waals surface area contributed by atoms with Crippen molar-refractivity contribution in [2.45, 2.75) is 89.1 Å². The SMILES string of the molecule is CCS(=O)C1CCCC(NC(=NC)NCC(C)N2CCCCC2C)C1. The molecule has 5 atom stereocenters. The summed E-state index contributed by atoms with van der Waals surface area (Å²) in [6, 6.07) is 1.59. The Balaban J connectivity index is 1.79. The van der Waals surface area contributed by atoms with Crippen molar-refractivity contribution in [1.29, 1.82) is 0 Å². The zero-order chi connectivity index (χ0) is 18.2. The van der Waals surface area contributed by atoms with Crippen molar-refractivity contribution in [2.75, 3.05) is 25.9 Å². The van der Waals surface area contributed by atoms with Gasteiger partial charge in [-0.2, -0.15) is 0 Å². The molecule has 2 fully saturated rings. The summed E-state index contributed by atoms with van der Waals surface area (Å²) in [4.78, 5) is 7.02. The van der Waals surface area contributed by atoms with Crippen LogP contribution < -0.4 is 10.6 Å². The molecule has 1 heterocycles. The second-order valence-electron chi connectivity index (χ2n) is 7.68. The lowest BCUT2D eigenvalue weighted by Crippen LogP contribution is -2.52. The monoisotopic (exact) mass is 370 g/mol. The molecule has 5 nitrogen and oxygen atoms in total. The van der Waals surface area contributed by atoms with E-state index in [2.05, 4.69) is 34.4 Å². The molecule has 2 N–H and O–H groups in total. The minimum absolute atomic E-state index is 0.350. The van der Waals surface area contributed by atoms with Gasteiger partial charge in [-0.3, -0.25) is 14.1 Å². The number of nitrogens with zero attached hydrogens (tertiary/aromatic N) is 2. The molecule has 0 spiro atoms. The Hall–Kier alpha value is -0.620. The molecule has 2 rings (SSSR count). The molecule has 5 unspecified atom stereocenters. The van der Waals surface area contributed by atoms with Gasteiger partial charge in [0.25, 0.3) is 0 Å². The summed E-state index contributed by atoms with van der Waals surface area (Å²) in [5.41, 5.74) is 0. The largest absolute Gasteiger partial charge is 0.355 e. The van der Waals surface area contributed by atoms with Crippen LogP contribution in [-0.4, -0.2) is 64.3 Å². The van der Waals surface area contributed by atoms with E-state index in [1.54, 1.807) is 0 Å². The molecule has 25 heavy (non-hydrogen) atoms. The fourth-order valence-electron chi connectivity index (χ4n) is 4.28. The van der Waals surface area contributed by atoms with Crippen LogP contribution >= 0.6 is 0 Å². The van der Waals surface area contributed by atoms with E-state index in [1.807, 2.05) is 14.0 Å². The van der Waals surface area contributed by atoms with Crippen molar-refractivity contribution in [3.8, 4) is 0 Å². The van der Waals surface area contributed by atoms with Gasteiger partial charge in [0.05, 0.1) is 0 Å². The smallest absolute Gasteiger partial charge is 0.191 e. The van der Waals surface area contributed by atoms with Crippen molar-refractivity contribution in [1.82, 2.24) is 15.5 Å². The number of rotatable bonds is 6. The van der Waals surface area contributed by atoms with Crippen LogP contribution in [0.4, 0.5) is 0 Å². The highest BCUT2D eigenvalue weighted by Crippen LogP contribution is 2.23. The molecule has 0 amide bonds. The summed E-state index contributed by atoms with van der Waals surface area (Å²) in [7, 11) is 1.16. The van der Waals surface area contributed by atoms with Gasteiger partial charge in [0, 0.05) is 53.5 Å². The fourth-order valence-corrected chi connectivity index (χ4v) is 5.62. The maximum absolute atomic E-state index is 12.1. The summed E-state index contributed by atoms with van der Waals surface area (Å²) >= 11 is 0. The number of piperidine rings is 1. The van der Waals surface area contributed by atoms with Gasteiger partial charge in [-0.1, -0.05) is 19.8 Å². The number of guanidine groups is 1. The Morgan fingerprint density at radius 3 is 2.76 bits per heavy atom. The number of aliphatic imine (C=N–C) groups is 1. The number of likely N-dealkylation sites (tertiary alicyclic amines) is 1. The molecule has 1 aliphatic carbocycles. The molecule has 0 aromatic rings. The van der Waals surface area contributed by atoms with Gasteiger partial charge < -0.3 is 10.6 Å². The van der Waals surface area contributed by atoms with Gasteiger partial charge in [0.2, 0.25) is 0 Å². The third kappa shape index (κ3) is 6.24. The first kappa shape index (κ1) is 20.7. The Morgan fingerprint density at radius 1 is 1.28 bits per heavy atom. The summed E-state index contributed by atoms with van der Waals surface area (Å²) in [6.45, 7) is 8.81. The predicted molar refractivity (Wildman–Crippen MR) is 109 cm³/mol. The minimum atomic E-state index is -0.676. The van der Waals surface area contributed by atoms with E-state index in [1.165, 1.54) is 25.8 Å². The van der Waals surface area contributed by atoms with E-state index in [0.717, 1.165) is 43.9 Å². The van der Waals surface area contributed by atoms with Crippen LogP contribution in [0.3, 0.4) is 0 Å². The average Bonchev–Trinajstić information content (AvgIpc) is 2.64. The first-order valence-corrected chi connectivity index (χ1v) is 11.5. The quantitative estimate of drug-likeness (QED) is 0.557. The zero-order valence-corrected chi connectivity index (χ0v) is 17.4. The molecule has 146 valence electrons. The Kier molecular flexibility index (Phi) is 8.70. The molecule has 0 aromatic carbocycles. The van der Waals surface area contributed by atoms with E-state index >= 15 is 0 Å². The molecular formula is C19H38N4OS. The highest BCUT2D eigenvalue weighted by atomic mass is 32.2. The Bertz CT molecular complexity index is 457. The normalized spacial score (nSPS) is 31.4. The summed E-state index contributed by atoms with van der Waals surface area (Å²) in [6.07, 6.45) is 8.41. The number of hydrogen-bond acceptors (Lipinski definition) is 3. The highest BCUT2D eigenvalue weighted by molar-refractivity contribution is 7.85. The van der Waals surface area contributed by atoms with Crippen molar-refractivity contribution in [3.05, 3.63) is 0 Å². The number of hydrogen-bond donors (Lipinski definition) is 2. The molecule has 0 bridgehead atoms. The first-order chi connectivity index (χ1) is 12.0. The molecule has 6 heteroatoms. The lowest BCUT2D eigenvalue weighted by Gasteiger charge is -2.38. The minimum Gasteiger partial charge on any atom is -0.355 e. The van der Waals surface area contributed by atoms with Crippen molar-refractivity contribution < 1.29 is 4.21 Å². The average molecular weight is 371 g/mol. The van der Waals surface area contributed by atoms with Crippen LogP contribution in [0.2, 0.25) is 0 Å². The summed E-state index contributed by atoms with van der Waals surface area (Å²) in [5.74, 6) is 1.67. The third-order valence-electron chi connectivity index (χ3n) is 5.83. The molecule has 1 saturated carbocycles. The Labute approximate surface area is 156 Å². The van der Waals surface area contributed by atoms with E-state index in [9.17, 15) is 4.21 Å². The zero-order valence-electron chi connectivity index (χ0n) is 16.6. The van der Waals surface area contributed by atoms with Gasteiger partial charge in [0.15, 0.2) is 5.96 Å². The Morgan fingerprint density at radius 2 is 2.08 bits per heavy atom. The second-order valence-corrected chi connectivity index (χ2v) is 9.69. The molecule has 2 aliphatic rings. The lowest BCUT2D eigenvalue weighted by atomic mass is 9.95. The third-order valence-corrected chi connectivity index (χ3v) is 7.57. The second kappa shape index (κ2) is 10.5. The van der Waals surface area contributed by atoms with Crippen LogP contribution in [0.25, 0.3) is 0 Å². The van der Waals surface area contributed by atoms with Gasteiger partial charge in [-0.05, 0) is 52.5 Å². The van der Waals surface area contributed by atoms with Crippen LogP contribution in [0.15, 0.2) is 4.99 Å². The van der Waals surface area contributed by atoms with Gasteiger partial charge in [0.1, 0.15) is 0 Å². The predicted octanol–water partition coefficient (Wildman–Crippen LogP) is 2.49.